The number of nitrogens with two attached hydrogens (primary N) is 1. The molecule has 0 bridgehead atoms. The highest BCUT2D eigenvalue weighted by Crippen LogP contribution is 2.28. The van der Waals surface area contributed by atoms with Crippen molar-refractivity contribution in [1.29, 1.82) is 0 Å². The van der Waals surface area contributed by atoms with Gasteiger partial charge in [0.15, 0.2) is 11.8 Å². The van der Waals surface area contributed by atoms with Crippen LogP contribution in [0.5, 0.6) is 0 Å². The molecule has 1 heterocycles. The van der Waals surface area contributed by atoms with Crippen LogP contribution in [0.2, 0.25) is 5.02 Å². The van der Waals surface area contributed by atoms with E-state index in [1.165, 1.54) is 18.2 Å². The molecule has 152 valence electrons. The van der Waals surface area contributed by atoms with Gasteiger partial charge < -0.3 is 6.15 Å². The Morgan fingerprint density at radius 3 is 2.23 bits per heavy atom. The third-order valence-corrected chi connectivity index (χ3v) is 4.91. The number of aliphatic imine (C=N–C) groups is 1. The maximum Gasteiger partial charge on any atom is 0.274 e. The Morgan fingerprint density at radius 2 is 1.57 bits per heavy atom. The number of nitrogens with zero attached hydrogens (tertiary/aromatic N) is 2. The van der Waals surface area contributed by atoms with Gasteiger partial charge in [-0.2, -0.15) is 0 Å². The maximum atomic E-state index is 14.6. The quantitative estimate of drug-likeness (QED) is 0.287. The van der Waals surface area contributed by atoms with E-state index in [1.54, 1.807) is 54.6 Å². The molecule has 1 aliphatic heterocycles. The summed E-state index contributed by atoms with van der Waals surface area (Å²) in [5, 5.41) is 1.35. The van der Waals surface area contributed by atoms with Gasteiger partial charge in [-0.25, -0.2) is 15.2 Å². The third-order valence-electron chi connectivity index (χ3n) is 4.65. The maximum absolute atomic E-state index is 14.6. The highest BCUT2D eigenvalue weighted by molar-refractivity contribution is 6.31. The SMILES string of the molecule is N.NN1C(=O)C(C(=O)c2ccc(Cl)cc2)N=C(c2ccccc2F)c2ccccc21. The van der Waals surface area contributed by atoms with Crippen LogP contribution in [0.3, 0.4) is 0 Å². The number of para-hydroxylation sites is 1. The van der Waals surface area contributed by atoms with Crippen LogP contribution in [-0.4, -0.2) is 23.4 Å². The molecule has 0 radical (unpaired) electrons. The second kappa shape index (κ2) is 8.54. The van der Waals surface area contributed by atoms with Gasteiger partial charge >= 0.3 is 0 Å². The predicted octanol–water partition coefficient (Wildman–Crippen LogP) is 3.95. The second-order valence-electron chi connectivity index (χ2n) is 6.46. The molecule has 8 heteroatoms. The van der Waals surface area contributed by atoms with Crippen molar-refractivity contribution in [2.75, 3.05) is 5.01 Å². The van der Waals surface area contributed by atoms with Crippen LogP contribution in [0.1, 0.15) is 21.5 Å². The summed E-state index contributed by atoms with van der Waals surface area (Å²) >= 11 is 5.89. The zero-order valence-electron chi connectivity index (χ0n) is 15.8. The zero-order valence-corrected chi connectivity index (χ0v) is 16.5. The van der Waals surface area contributed by atoms with E-state index in [9.17, 15) is 14.0 Å². The van der Waals surface area contributed by atoms with E-state index in [2.05, 4.69) is 4.99 Å². The van der Waals surface area contributed by atoms with Gasteiger partial charge in [-0.05, 0) is 42.5 Å². The number of Topliss-reactive ketones (excluding diaryl/α,β-unsaturated/α-hetero) is 1. The fourth-order valence-corrected chi connectivity index (χ4v) is 3.32. The molecule has 3 aromatic rings. The number of anilines is 1. The first-order valence-corrected chi connectivity index (χ1v) is 9.15. The summed E-state index contributed by atoms with van der Waals surface area (Å²) in [6, 6.07) is 17.5. The van der Waals surface area contributed by atoms with Crippen LogP contribution >= 0.6 is 11.6 Å². The van der Waals surface area contributed by atoms with Crippen LogP contribution in [0, 0.1) is 5.82 Å². The summed E-state index contributed by atoms with van der Waals surface area (Å²) < 4.78 is 14.6. The Bertz CT molecular complexity index is 1150. The van der Waals surface area contributed by atoms with Crippen molar-refractivity contribution < 1.29 is 14.0 Å². The Hall–Kier alpha value is -3.39. The van der Waals surface area contributed by atoms with Gasteiger partial charge in [0.2, 0.25) is 0 Å². The summed E-state index contributed by atoms with van der Waals surface area (Å²) in [7, 11) is 0. The van der Waals surface area contributed by atoms with Gasteiger partial charge in [0.1, 0.15) is 5.82 Å². The number of hydrazine groups is 1. The molecule has 1 amide bonds. The number of carbonyl (C=O) groups is 2. The summed E-state index contributed by atoms with van der Waals surface area (Å²) in [6.07, 6.45) is 0. The molecular formula is C22H18ClFN4O2. The molecule has 0 spiro atoms. The van der Waals surface area contributed by atoms with Gasteiger partial charge in [0.25, 0.3) is 5.91 Å². The van der Waals surface area contributed by atoms with Crippen molar-refractivity contribution >= 4 is 34.7 Å². The number of carbonyl (C=O) groups excluding carboxylic acids is 2. The van der Waals surface area contributed by atoms with Crippen molar-refractivity contribution in [3.63, 3.8) is 0 Å². The van der Waals surface area contributed by atoms with E-state index in [-0.39, 0.29) is 23.0 Å². The van der Waals surface area contributed by atoms with Gasteiger partial charge in [-0.1, -0.05) is 41.9 Å². The lowest BCUT2D eigenvalue weighted by molar-refractivity contribution is -0.118. The zero-order chi connectivity index (χ0) is 20.5. The first kappa shape index (κ1) is 21.3. The van der Waals surface area contributed by atoms with Crippen LogP contribution in [0.15, 0.2) is 77.8 Å². The van der Waals surface area contributed by atoms with Gasteiger partial charge in [0, 0.05) is 21.7 Å². The fourth-order valence-electron chi connectivity index (χ4n) is 3.20. The van der Waals surface area contributed by atoms with E-state index in [0.717, 1.165) is 5.01 Å². The molecule has 0 aromatic heterocycles. The molecule has 0 aliphatic carbocycles. The Morgan fingerprint density at radius 1 is 0.967 bits per heavy atom. The van der Waals surface area contributed by atoms with E-state index in [1.807, 2.05) is 0 Å². The molecule has 0 fully saturated rings. The number of ketones is 1. The molecule has 5 N–H and O–H groups in total. The number of benzene rings is 3. The van der Waals surface area contributed by atoms with Crippen LogP contribution < -0.4 is 17.0 Å². The van der Waals surface area contributed by atoms with Crippen molar-refractivity contribution in [1.82, 2.24) is 6.15 Å². The molecular weight excluding hydrogens is 407 g/mol. The largest absolute Gasteiger partial charge is 0.344 e. The van der Waals surface area contributed by atoms with Gasteiger partial charge in [0.05, 0.1) is 11.4 Å². The van der Waals surface area contributed by atoms with Crippen LogP contribution in [0.4, 0.5) is 10.1 Å². The normalized spacial score (nSPS) is 15.6. The van der Waals surface area contributed by atoms with Gasteiger partial charge in [-0.15, -0.1) is 0 Å². The van der Waals surface area contributed by atoms with E-state index < -0.39 is 23.5 Å². The van der Waals surface area contributed by atoms with Crippen LogP contribution in [-0.2, 0) is 4.79 Å². The molecule has 0 saturated carbocycles. The number of hydrogen-bond donors (Lipinski definition) is 2. The molecule has 1 atom stereocenters. The Balaban J connectivity index is 0.00000256. The van der Waals surface area contributed by atoms with E-state index >= 15 is 0 Å². The van der Waals surface area contributed by atoms with E-state index in [4.69, 9.17) is 17.4 Å². The molecule has 4 rings (SSSR count). The third kappa shape index (κ3) is 3.73. The Labute approximate surface area is 177 Å². The molecule has 30 heavy (non-hydrogen) atoms. The van der Waals surface area contributed by atoms with Crippen LogP contribution in [0.25, 0.3) is 0 Å². The summed E-state index contributed by atoms with van der Waals surface area (Å²) in [6.45, 7) is 0. The average Bonchev–Trinajstić information content (AvgIpc) is 2.84. The van der Waals surface area contributed by atoms with Crippen molar-refractivity contribution in [3.8, 4) is 0 Å². The lowest BCUT2D eigenvalue weighted by Crippen LogP contribution is -2.46. The number of hydrogen-bond acceptors (Lipinski definition) is 5. The molecule has 1 unspecified atom stereocenters. The monoisotopic (exact) mass is 424 g/mol. The predicted molar refractivity (Wildman–Crippen MR) is 115 cm³/mol. The highest BCUT2D eigenvalue weighted by Gasteiger charge is 2.36. The average molecular weight is 425 g/mol. The molecule has 6 nitrogen and oxygen atoms in total. The first-order valence-electron chi connectivity index (χ1n) is 8.78. The molecule has 3 aromatic carbocycles. The summed E-state index contributed by atoms with van der Waals surface area (Å²) in [4.78, 5) is 30.5. The van der Waals surface area contributed by atoms with Gasteiger partial charge in [-0.3, -0.25) is 14.6 Å². The Kier molecular flexibility index (Phi) is 6.07. The molecule has 0 saturated heterocycles. The smallest absolute Gasteiger partial charge is 0.274 e. The minimum atomic E-state index is -1.46. The fraction of sp³-hybridized carbons (Fsp3) is 0.0455. The van der Waals surface area contributed by atoms with Crippen molar-refractivity contribution in [3.05, 3.63) is 100 Å². The standard InChI is InChI=1S/C22H15ClFN3O2.H3N/c23-14-11-9-13(10-12-14)21(28)20-22(29)27(25)18-8-4-2-6-16(18)19(26-20)15-5-1-3-7-17(15)24;/h1-12,20H,25H2;1H3. The number of fused-ring (bicyclic) bond motifs is 1. The minimum absolute atomic E-state index is 0. The van der Waals surface area contributed by atoms with E-state index in [0.29, 0.717) is 16.3 Å². The number of halogens is 2. The summed E-state index contributed by atoms with van der Waals surface area (Å²) in [5.41, 5.74) is 1.42. The topological polar surface area (TPSA) is 111 Å². The minimum Gasteiger partial charge on any atom is -0.344 e. The number of amides is 1. The highest BCUT2D eigenvalue weighted by atomic mass is 35.5. The van der Waals surface area contributed by atoms with Crippen molar-refractivity contribution in [2.24, 2.45) is 10.8 Å². The number of rotatable bonds is 3. The lowest BCUT2D eigenvalue weighted by atomic mass is 9.99. The summed E-state index contributed by atoms with van der Waals surface area (Å²) in [5.74, 6) is 4.27. The molecule has 1 aliphatic rings. The lowest BCUT2D eigenvalue weighted by Gasteiger charge is -2.19. The second-order valence-corrected chi connectivity index (χ2v) is 6.89. The van der Waals surface area contributed by atoms with Crippen molar-refractivity contribution in [2.45, 2.75) is 6.04 Å². The number of benzodiazepines with no additional fused rings is 1. The first-order chi connectivity index (χ1) is 14.0.